The summed E-state index contributed by atoms with van der Waals surface area (Å²) in [5.74, 6) is 1.62. The average Bonchev–Trinajstić information content (AvgIpc) is 3.19. The number of rotatable bonds is 5. The zero-order chi connectivity index (χ0) is 18.1. The van der Waals surface area contributed by atoms with Gasteiger partial charge in [0.05, 0.1) is 17.3 Å². The number of aryl methyl sites for hydroxylation is 2. The van der Waals surface area contributed by atoms with E-state index in [1.807, 2.05) is 19.2 Å². The van der Waals surface area contributed by atoms with E-state index in [0.29, 0.717) is 12.4 Å². The van der Waals surface area contributed by atoms with Crippen molar-refractivity contribution in [2.24, 2.45) is 0 Å². The number of nitriles is 1. The Morgan fingerprint density at radius 3 is 2.96 bits per heavy atom. The Kier molecular flexibility index (Phi) is 4.51. The molecule has 2 fully saturated rings. The molecule has 0 aliphatic carbocycles. The van der Waals surface area contributed by atoms with Gasteiger partial charge in [0.1, 0.15) is 10.8 Å². The first-order valence-corrected chi connectivity index (χ1v) is 9.78. The van der Waals surface area contributed by atoms with Crippen LogP contribution in [-0.4, -0.2) is 51.0 Å². The van der Waals surface area contributed by atoms with Crippen LogP contribution in [-0.2, 0) is 0 Å². The largest absolute Gasteiger partial charge is 0.352 e. The maximum Gasteiger partial charge on any atom is 0.229 e. The van der Waals surface area contributed by atoms with Gasteiger partial charge in [0.15, 0.2) is 0 Å². The first-order chi connectivity index (χ1) is 12.6. The number of hydrogen-bond donors (Lipinski definition) is 1. The molecule has 0 aromatic carbocycles. The molecule has 2 aromatic rings. The van der Waals surface area contributed by atoms with Crippen molar-refractivity contribution in [1.29, 1.82) is 5.26 Å². The lowest BCUT2D eigenvalue weighted by Gasteiger charge is -2.53. The average molecular weight is 369 g/mol. The first kappa shape index (κ1) is 17.2. The van der Waals surface area contributed by atoms with E-state index < -0.39 is 0 Å². The SMILES string of the molecule is Cc1cc(Nc2ncc(C)c(N3CC4(CCCN4CCC#N)C3)n2)sn1. The molecule has 136 valence electrons. The van der Waals surface area contributed by atoms with Gasteiger partial charge in [0, 0.05) is 37.8 Å². The van der Waals surface area contributed by atoms with Crippen molar-refractivity contribution in [1.82, 2.24) is 19.2 Å². The second-order valence-electron chi connectivity index (χ2n) is 7.24. The highest BCUT2D eigenvalue weighted by molar-refractivity contribution is 7.10. The van der Waals surface area contributed by atoms with Crippen LogP contribution in [0.2, 0.25) is 0 Å². The van der Waals surface area contributed by atoms with Crippen LogP contribution < -0.4 is 10.2 Å². The van der Waals surface area contributed by atoms with E-state index in [0.717, 1.165) is 48.3 Å². The Hall–Kier alpha value is -2.24. The Morgan fingerprint density at radius 2 is 2.23 bits per heavy atom. The molecule has 0 bridgehead atoms. The minimum Gasteiger partial charge on any atom is -0.352 e. The van der Waals surface area contributed by atoms with Gasteiger partial charge < -0.3 is 10.2 Å². The third-order valence-electron chi connectivity index (χ3n) is 5.31. The number of likely N-dealkylation sites (tertiary alicyclic amines) is 1. The van der Waals surface area contributed by atoms with Crippen LogP contribution in [0.5, 0.6) is 0 Å². The summed E-state index contributed by atoms with van der Waals surface area (Å²) < 4.78 is 4.28. The molecule has 1 spiro atoms. The summed E-state index contributed by atoms with van der Waals surface area (Å²) in [6, 6.07) is 4.27. The summed E-state index contributed by atoms with van der Waals surface area (Å²) in [6.07, 6.45) is 4.92. The van der Waals surface area contributed by atoms with Crippen LogP contribution in [0.4, 0.5) is 16.8 Å². The Bertz CT molecular complexity index is 834. The van der Waals surface area contributed by atoms with Crippen LogP contribution in [0.3, 0.4) is 0 Å². The van der Waals surface area contributed by atoms with E-state index in [1.165, 1.54) is 24.4 Å². The summed E-state index contributed by atoms with van der Waals surface area (Å²) in [5.41, 5.74) is 2.32. The number of nitrogens with one attached hydrogen (secondary N) is 1. The van der Waals surface area contributed by atoms with Gasteiger partial charge in [-0.2, -0.15) is 14.6 Å². The van der Waals surface area contributed by atoms with Gasteiger partial charge in [0.25, 0.3) is 0 Å². The van der Waals surface area contributed by atoms with E-state index >= 15 is 0 Å². The van der Waals surface area contributed by atoms with Gasteiger partial charge in [-0.1, -0.05) is 0 Å². The molecular weight excluding hydrogens is 346 g/mol. The zero-order valence-corrected chi connectivity index (χ0v) is 16.0. The second-order valence-corrected chi connectivity index (χ2v) is 8.04. The lowest BCUT2D eigenvalue weighted by Crippen LogP contribution is -2.68. The quantitative estimate of drug-likeness (QED) is 0.868. The lowest BCUT2D eigenvalue weighted by atomic mass is 9.86. The Morgan fingerprint density at radius 1 is 1.38 bits per heavy atom. The molecule has 1 N–H and O–H groups in total. The molecule has 2 aliphatic heterocycles. The molecule has 0 radical (unpaired) electrons. The fourth-order valence-electron chi connectivity index (χ4n) is 4.05. The van der Waals surface area contributed by atoms with Crippen LogP contribution >= 0.6 is 11.5 Å². The van der Waals surface area contributed by atoms with E-state index in [1.54, 1.807) is 0 Å². The zero-order valence-electron chi connectivity index (χ0n) is 15.2. The lowest BCUT2D eigenvalue weighted by molar-refractivity contribution is 0.105. The Balaban J connectivity index is 1.47. The van der Waals surface area contributed by atoms with Gasteiger partial charge in [-0.25, -0.2) is 4.98 Å². The standard InChI is InChI=1S/C18H23N7S/c1-13-10-20-17(21-15-9-14(2)23-26-15)22-16(13)24-11-18(12-24)5-3-7-25(18)8-4-6-19/h9-10H,3-5,7-8,11-12H2,1-2H3,(H,20,21,22). The molecule has 26 heavy (non-hydrogen) atoms. The highest BCUT2D eigenvalue weighted by Gasteiger charge is 2.50. The number of aromatic nitrogens is 3. The molecular formula is C18H23N7S. The molecule has 8 heteroatoms. The molecule has 2 aliphatic rings. The minimum absolute atomic E-state index is 0.233. The number of anilines is 3. The van der Waals surface area contributed by atoms with Crippen LogP contribution in [0.15, 0.2) is 12.3 Å². The van der Waals surface area contributed by atoms with Gasteiger partial charge >= 0.3 is 0 Å². The van der Waals surface area contributed by atoms with Gasteiger partial charge in [-0.05, 0) is 50.8 Å². The highest BCUT2D eigenvalue weighted by Crippen LogP contribution is 2.40. The van der Waals surface area contributed by atoms with Crippen molar-refractivity contribution in [3.05, 3.63) is 23.5 Å². The topological polar surface area (TPSA) is 81.0 Å². The predicted molar refractivity (Wildman–Crippen MR) is 103 cm³/mol. The molecule has 4 rings (SSSR count). The fourth-order valence-corrected chi connectivity index (χ4v) is 4.70. The molecule has 7 nitrogen and oxygen atoms in total. The normalized spacial score (nSPS) is 18.7. The maximum absolute atomic E-state index is 8.89. The van der Waals surface area contributed by atoms with Crippen molar-refractivity contribution in [2.45, 2.75) is 38.6 Å². The van der Waals surface area contributed by atoms with E-state index in [2.05, 4.69) is 37.5 Å². The van der Waals surface area contributed by atoms with E-state index in [9.17, 15) is 0 Å². The van der Waals surface area contributed by atoms with Gasteiger partial charge in [-0.15, -0.1) is 0 Å². The molecule has 0 amide bonds. The van der Waals surface area contributed by atoms with Crippen LogP contribution in [0, 0.1) is 25.2 Å². The number of hydrogen-bond acceptors (Lipinski definition) is 8. The molecule has 0 atom stereocenters. The van der Waals surface area contributed by atoms with Crippen molar-refractivity contribution in [3.8, 4) is 6.07 Å². The van der Waals surface area contributed by atoms with Gasteiger partial charge in [0.2, 0.25) is 5.95 Å². The van der Waals surface area contributed by atoms with Crippen molar-refractivity contribution >= 4 is 28.3 Å². The fraction of sp³-hybridized carbons (Fsp3) is 0.556. The number of nitrogens with zero attached hydrogens (tertiary/aromatic N) is 6. The third-order valence-corrected chi connectivity index (χ3v) is 6.11. The maximum atomic E-state index is 8.89. The molecule has 0 unspecified atom stereocenters. The Labute approximate surface area is 157 Å². The molecule has 2 aromatic heterocycles. The smallest absolute Gasteiger partial charge is 0.229 e. The summed E-state index contributed by atoms with van der Waals surface area (Å²) in [4.78, 5) is 14.0. The van der Waals surface area contributed by atoms with Crippen molar-refractivity contribution in [3.63, 3.8) is 0 Å². The summed E-state index contributed by atoms with van der Waals surface area (Å²) in [5, 5.41) is 13.1. The van der Waals surface area contributed by atoms with E-state index in [-0.39, 0.29) is 5.54 Å². The predicted octanol–water partition coefficient (Wildman–Crippen LogP) is 2.86. The second kappa shape index (κ2) is 6.82. The van der Waals surface area contributed by atoms with Crippen molar-refractivity contribution in [2.75, 3.05) is 36.4 Å². The molecule has 0 saturated carbocycles. The summed E-state index contributed by atoms with van der Waals surface area (Å²) in [6.45, 7) is 7.98. The first-order valence-electron chi connectivity index (χ1n) is 9.01. The highest BCUT2D eigenvalue weighted by atomic mass is 32.1. The van der Waals surface area contributed by atoms with Gasteiger partial charge in [-0.3, -0.25) is 4.90 Å². The molecule has 2 saturated heterocycles. The summed E-state index contributed by atoms with van der Waals surface area (Å²) >= 11 is 1.42. The summed E-state index contributed by atoms with van der Waals surface area (Å²) in [7, 11) is 0. The third kappa shape index (κ3) is 3.13. The van der Waals surface area contributed by atoms with Crippen LogP contribution in [0.25, 0.3) is 0 Å². The molecule has 4 heterocycles. The van der Waals surface area contributed by atoms with Crippen molar-refractivity contribution < 1.29 is 0 Å². The van der Waals surface area contributed by atoms with Crippen LogP contribution in [0.1, 0.15) is 30.5 Å². The monoisotopic (exact) mass is 369 g/mol. The van der Waals surface area contributed by atoms with E-state index in [4.69, 9.17) is 10.2 Å². The minimum atomic E-state index is 0.233.